The van der Waals surface area contributed by atoms with Gasteiger partial charge in [-0.1, -0.05) is 24.3 Å². The maximum Gasteiger partial charge on any atom is 0.489 e. The molecule has 0 aliphatic rings. The molecule has 0 aromatic heterocycles. The van der Waals surface area contributed by atoms with Crippen molar-refractivity contribution < 1.29 is 10.0 Å². The maximum atomic E-state index is 8.81. The quantitative estimate of drug-likeness (QED) is 0.446. The van der Waals surface area contributed by atoms with Gasteiger partial charge in [-0.3, -0.25) is 0 Å². The lowest BCUT2D eigenvalue weighted by molar-refractivity contribution is 0.420. The number of halogens is 1. The molecule has 4 N–H and O–H groups in total. The van der Waals surface area contributed by atoms with Gasteiger partial charge in [0.25, 0.3) is 0 Å². The Morgan fingerprint density at radius 3 is 2.33 bits per heavy atom. The molecular formula is C7H11BClNO2. The molecule has 0 bridgehead atoms. The summed E-state index contributed by atoms with van der Waals surface area (Å²) in [5.41, 5.74) is 5.79. The van der Waals surface area contributed by atoms with E-state index in [0.29, 0.717) is 0 Å². The first-order valence-corrected chi connectivity index (χ1v) is 3.72. The van der Waals surface area contributed by atoms with Crippen LogP contribution in [0.1, 0.15) is 6.92 Å². The smallest absolute Gasteiger partial charge is 0.423 e. The van der Waals surface area contributed by atoms with Gasteiger partial charge in [0.1, 0.15) is 0 Å². The third-order valence-corrected chi connectivity index (χ3v) is 1.75. The van der Waals surface area contributed by atoms with Crippen LogP contribution in [0.3, 0.4) is 0 Å². The van der Waals surface area contributed by atoms with E-state index in [0.717, 1.165) is 0 Å². The molecule has 0 unspecified atom stereocenters. The second-order valence-electron chi connectivity index (χ2n) is 2.09. The lowest BCUT2D eigenvalue weighted by atomic mass is 9.78. The number of hydrogen-bond donors (Lipinski definition) is 3. The third-order valence-electron chi connectivity index (χ3n) is 1.32. The maximum absolute atomic E-state index is 8.81. The van der Waals surface area contributed by atoms with E-state index in [-0.39, 0.29) is 16.2 Å². The fourth-order valence-corrected chi connectivity index (χ4v) is 0.929. The van der Waals surface area contributed by atoms with Gasteiger partial charge < -0.3 is 15.8 Å². The van der Waals surface area contributed by atoms with E-state index >= 15 is 0 Å². The minimum absolute atomic E-state index is 0.113. The van der Waals surface area contributed by atoms with Crippen LogP contribution >= 0.6 is 11.6 Å². The highest BCUT2D eigenvalue weighted by atomic mass is 35.5. The highest BCUT2D eigenvalue weighted by Gasteiger charge is 2.18. The molecule has 5 heteroatoms. The van der Waals surface area contributed by atoms with Gasteiger partial charge in [0.15, 0.2) is 0 Å². The van der Waals surface area contributed by atoms with E-state index in [9.17, 15) is 0 Å². The lowest BCUT2D eigenvalue weighted by Gasteiger charge is -2.05. The first kappa shape index (κ1) is 11.3. The molecule has 0 aromatic carbocycles. The van der Waals surface area contributed by atoms with Crippen LogP contribution in [0.25, 0.3) is 0 Å². The van der Waals surface area contributed by atoms with E-state index in [1.165, 1.54) is 12.2 Å². The normalized spacial score (nSPS) is 13.8. The van der Waals surface area contributed by atoms with Crippen molar-refractivity contribution in [3.8, 4) is 0 Å². The summed E-state index contributed by atoms with van der Waals surface area (Å²) in [6.45, 7) is 5.03. The lowest BCUT2D eigenvalue weighted by Crippen LogP contribution is -2.17. The fraction of sp³-hybridized carbons (Fsp3) is 0.143. The Hall–Kier alpha value is -0.705. The second kappa shape index (κ2) is 5.03. The summed E-state index contributed by atoms with van der Waals surface area (Å²) in [5.74, 6) is 0. The van der Waals surface area contributed by atoms with Crippen LogP contribution in [-0.4, -0.2) is 17.2 Å². The number of hydrogen-bond acceptors (Lipinski definition) is 3. The van der Waals surface area contributed by atoms with E-state index in [1.807, 2.05) is 0 Å². The van der Waals surface area contributed by atoms with E-state index in [2.05, 4.69) is 6.58 Å². The molecule has 0 saturated carbocycles. The van der Waals surface area contributed by atoms with Crippen LogP contribution < -0.4 is 5.73 Å². The molecule has 0 aromatic rings. The summed E-state index contributed by atoms with van der Waals surface area (Å²) in [6.07, 6.45) is 2.82. The SMILES string of the molecule is C=C/C(N)=C(Cl)\C(=C/C)B(O)O. The van der Waals surface area contributed by atoms with Gasteiger partial charge >= 0.3 is 7.12 Å². The summed E-state index contributed by atoms with van der Waals surface area (Å²) in [4.78, 5) is 0. The van der Waals surface area contributed by atoms with Gasteiger partial charge in [0, 0.05) is 5.70 Å². The van der Waals surface area contributed by atoms with Gasteiger partial charge in [0.05, 0.1) is 5.03 Å². The highest BCUT2D eigenvalue weighted by Crippen LogP contribution is 2.18. The monoisotopic (exact) mass is 187 g/mol. The third kappa shape index (κ3) is 2.73. The number of nitrogens with two attached hydrogens (primary N) is 1. The van der Waals surface area contributed by atoms with E-state index < -0.39 is 7.12 Å². The number of rotatable bonds is 3. The van der Waals surface area contributed by atoms with E-state index in [4.69, 9.17) is 27.4 Å². The van der Waals surface area contributed by atoms with Gasteiger partial charge in [-0.05, 0) is 18.5 Å². The summed E-state index contributed by atoms with van der Waals surface area (Å²) in [7, 11) is -1.61. The highest BCUT2D eigenvalue weighted by molar-refractivity contribution is 6.56. The minimum Gasteiger partial charge on any atom is -0.423 e. The molecule has 12 heavy (non-hydrogen) atoms. The average Bonchev–Trinajstić information content (AvgIpc) is 2.03. The summed E-state index contributed by atoms with van der Waals surface area (Å²) in [6, 6.07) is 0. The zero-order valence-corrected chi connectivity index (χ0v) is 7.54. The largest absolute Gasteiger partial charge is 0.489 e. The average molecular weight is 187 g/mol. The molecule has 0 aliphatic carbocycles. The van der Waals surface area contributed by atoms with Crippen LogP contribution in [0.2, 0.25) is 0 Å². The first-order chi connectivity index (χ1) is 5.54. The Bertz CT molecular complexity index is 236. The van der Waals surface area contributed by atoms with Crippen LogP contribution in [0, 0.1) is 0 Å². The molecule has 0 atom stereocenters. The molecule has 0 radical (unpaired) electrons. The molecule has 0 amide bonds. The zero-order valence-electron chi connectivity index (χ0n) is 6.79. The topological polar surface area (TPSA) is 66.5 Å². The van der Waals surface area contributed by atoms with Crippen molar-refractivity contribution in [1.82, 2.24) is 0 Å². The Morgan fingerprint density at radius 1 is 1.58 bits per heavy atom. The molecule has 0 fully saturated rings. The van der Waals surface area contributed by atoms with E-state index in [1.54, 1.807) is 6.92 Å². The molecule has 0 spiro atoms. The Morgan fingerprint density at radius 2 is 2.08 bits per heavy atom. The van der Waals surface area contributed by atoms with Crippen LogP contribution in [0.5, 0.6) is 0 Å². The molecular weight excluding hydrogens is 176 g/mol. The Labute approximate surface area is 77.0 Å². The van der Waals surface area contributed by atoms with Crippen molar-refractivity contribution >= 4 is 18.7 Å². The van der Waals surface area contributed by atoms with Crippen molar-refractivity contribution in [2.45, 2.75) is 6.92 Å². The second-order valence-corrected chi connectivity index (χ2v) is 2.47. The number of allylic oxidation sites excluding steroid dienone is 4. The standard InChI is InChI=1S/C7H11BClNO2/c1-3-5(8(11)12)7(9)6(10)4-2/h3-4,11-12H,2,10H2,1H3/b5-3+,7-6-. The van der Waals surface area contributed by atoms with Crippen molar-refractivity contribution in [3.63, 3.8) is 0 Å². The molecule has 3 nitrogen and oxygen atoms in total. The molecule has 0 heterocycles. The van der Waals surface area contributed by atoms with Crippen molar-refractivity contribution in [1.29, 1.82) is 0 Å². The van der Waals surface area contributed by atoms with Crippen LogP contribution in [0.4, 0.5) is 0 Å². The Kier molecular flexibility index (Phi) is 4.74. The summed E-state index contributed by atoms with van der Waals surface area (Å²) < 4.78 is 0. The van der Waals surface area contributed by atoms with Gasteiger partial charge in [-0.15, -0.1) is 0 Å². The molecule has 0 saturated heterocycles. The van der Waals surface area contributed by atoms with Gasteiger partial charge in [0.2, 0.25) is 0 Å². The van der Waals surface area contributed by atoms with Crippen molar-refractivity contribution in [2.24, 2.45) is 5.73 Å². The van der Waals surface area contributed by atoms with Gasteiger partial charge in [-0.25, -0.2) is 0 Å². The predicted molar refractivity (Wildman–Crippen MR) is 51.2 cm³/mol. The molecule has 0 aliphatic heterocycles. The summed E-state index contributed by atoms with van der Waals surface area (Å²) in [5, 5.41) is 17.7. The van der Waals surface area contributed by atoms with Crippen molar-refractivity contribution in [3.05, 3.63) is 34.9 Å². The van der Waals surface area contributed by atoms with Gasteiger partial charge in [-0.2, -0.15) is 0 Å². The fourth-order valence-electron chi connectivity index (χ4n) is 0.645. The summed E-state index contributed by atoms with van der Waals surface area (Å²) >= 11 is 5.69. The molecule has 0 rings (SSSR count). The van der Waals surface area contributed by atoms with Crippen LogP contribution in [-0.2, 0) is 0 Å². The minimum atomic E-state index is -1.61. The molecule has 66 valence electrons. The predicted octanol–water partition coefficient (Wildman–Crippen LogP) is 0.540. The zero-order chi connectivity index (χ0) is 9.72. The Balaban J connectivity index is 4.89. The van der Waals surface area contributed by atoms with Crippen molar-refractivity contribution in [2.75, 3.05) is 0 Å². The first-order valence-electron chi connectivity index (χ1n) is 3.35. The van der Waals surface area contributed by atoms with Crippen LogP contribution in [0.15, 0.2) is 34.9 Å².